The van der Waals surface area contributed by atoms with E-state index in [0.717, 1.165) is 5.69 Å². The van der Waals surface area contributed by atoms with Gasteiger partial charge in [0.05, 0.1) is 28.6 Å². The van der Waals surface area contributed by atoms with Crippen molar-refractivity contribution in [3.8, 4) is 5.69 Å². The lowest BCUT2D eigenvalue weighted by Gasteiger charge is -2.16. The van der Waals surface area contributed by atoms with Crippen molar-refractivity contribution in [2.75, 3.05) is 11.5 Å². The number of para-hydroxylation sites is 1. The maximum Gasteiger partial charge on any atom is 0.342 e. The van der Waals surface area contributed by atoms with E-state index in [-0.39, 0.29) is 11.5 Å². The molecular formula is C19H23N3O5S. The van der Waals surface area contributed by atoms with Gasteiger partial charge in [-0.15, -0.1) is 0 Å². The molecule has 2 aromatic rings. The number of carbonyl (C=O) groups excluding carboxylic acids is 2. The molecule has 0 unspecified atom stereocenters. The third-order valence-corrected chi connectivity index (χ3v) is 6.50. The lowest BCUT2D eigenvalue weighted by atomic mass is 10.2. The summed E-state index contributed by atoms with van der Waals surface area (Å²) in [6.45, 7) is 4.93. The highest BCUT2D eigenvalue weighted by atomic mass is 32.2. The highest BCUT2D eigenvalue weighted by molar-refractivity contribution is 7.91. The Bertz CT molecular complexity index is 998. The van der Waals surface area contributed by atoms with Crippen LogP contribution < -0.4 is 5.32 Å². The van der Waals surface area contributed by atoms with Crippen molar-refractivity contribution in [1.29, 1.82) is 0 Å². The van der Waals surface area contributed by atoms with Crippen LogP contribution in [0.3, 0.4) is 0 Å². The molecule has 2 atom stereocenters. The number of amides is 1. The van der Waals surface area contributed by atoms with E-state index in [9.17, 15) is 18.0 Å². The molecule has 1 saturated heterocycles. The minimum atomic E-state index is -3.10. The molecule has 1 aliphatic heterocycles. The van der Waals surface area contributed by atoms with Gasteiger partial charge in [-0.05, 0) is 39.3 Å². The molecule has 0 radical (unpaired) electrons. The van der Waals surface area contributed by atoms with Crippen molar-refractivity contribution in [1.82, 2.24) is 15.1 Å². The Morgan fingerprint density at radius 3 is 2.54 bits per heavy atom. The number of hydrogen-bond acceptors (Lipinski definition) is 6. The molecule has 0 aliphatic carbocycles. The molecule has 0 spiro atoms. The van der Waals surface area contributed by atoms with Crippen LogP contribution in [0.1, 0.15) is 35.1 Å². The summed E-state index contributed by atoms with van der Waals surface area (Å²) in [6.07, 6.45) is -0.675. The van der Waals surface area contributed by atoms with Gasteiger partial charge in [-0.3, -0.25) is 4.79 Å². The maximum absolute atomic E-state index is 12.6. The molecule has 3 rings (SSSR count). The molecule has 1 N–H and O–H groups in total. The summed E-state index contributed by atoms with van der Waals surface area (Å²) in [5.41, 5.74) is 2.24. The van der Waals surface area contributed by atoms with Crippen LogP contribution >= 0.6 is 0 Å². The van der Waals surface area contributed by atoms with Gasteiger partial charge < -0.3 is 10.1 Å². The Hall–Kier alpha value is -2.68. The van der Waals surface area contributed by atoms with Gasteiger partial charge in [0, 0.05) is 6.04 Å². The third-order valence-electron chi connectivity index (χ3n) is 4.73. The number of carbonyl (C=O) groups is 2. The van der Waals surface area contributed by atoms with Crippen LogP contribution in [-0.2, 0) is 19.4 Å². The summed E-state index contributed by atoms with van der Waals surface area (Å²) in [6, 6.07) is 8.95. The highest BCUT2D eigenvalue weighted by Crippen LogP contribution is 2.19. The SMILES string of the molecule is Cc1nn(-c2ccccc2)c(C)c1C(=O)O[C@@H](C)C(=O)N[C@@H]1CCS(=O)(=O)C1. The van der Waals surface area contributed by atoms with Crippen molar-refractivity contribution in [2.45, 2.75) is 39.3 Å². The summed E-state index contributed by atoms with van der Waals surface area (Å²) in [5.74, 6) is -1.18. The number of ether oxygens (including phenoxy) is 1. The molecule has 1 amide bonds. The van der Waals surface area contributed by atoms with Gasteiger partial charge >= 0.3 is 5.97 Å². The number of sulfone groups is 1. The molecular weight excluding hydrogens is 382 g/mol. The van der Waals surface area contributed by atoms with Crippen LogP contribution in [0, 0.1) is 13.8 Å². The second-order valence-electron chi connectivity index (χ2n) is 6.95. The van der Waals surface area contributed by atoms with E-state index in [1.807, 2.05) is 30.3 Å². The minimum Gasteiger partial charge on any atom is -0.449 e. The van der Waals surface area contributed by atoms with E-state index >= 15 is 0 Å². The monoisotopic (exact) mass is 405 g/mol. The van der Waals surface area contributed by atoms with Crippen LogP contribution in [0.15, 0.2) is 30.3 Å². The van der Waals surface area contributed by atoms with Gasteiger partial charge in [-0.1, -0.05) is 18.2 Å². The Morgan fingerprint density at radius 2 is 1.93 bits per heavy atom. The number of nitrogens with one attached hydrogen (secondary N) is 1. The summed E-state index contributed by atoms with van der Waals surface area (Å²) in [5, 5.41) is 7.04. The first-order chi connectivity index (χ1) is 13.2. The van der Waals surface area contributed by atoms with Gasteiger partial charge in [-0.2, -0.15) is 5.10 Å². The molecule has 0 bridgehead atoms. The first-order valence-electron chi connectivity index (χ1n) is 9.01. The van der Waals surface area contributed by atoms with Crippen molar-refractivity contribution in [2.24, 2.45) is 0 Å². The maximum atomic E-state index is 12.6. The summed E-state index contributed by atoms with van der Waals surface area (Å²) in [4.78, 5) is 24.9. The number of hydrogen-bond donors (Lipinski definition) is 1. The first kappa shape index (κ1) is 20.1. The largest absolute Gasteiger partial charge is 0.449 e. The predicted octanol–water partition coefficient (Wildman–Crippen LogP) is 1.34. The standard InChI is InChI=1S/C19H23N3O5S/c1-12-17(13(2)22(21-12)16-7-5-4-6-8-16)19(24)27-14(3)18(23)20-15-9-10-28(25,26)11-15/h4-8,14-15H,9-11H2,1-3H3,(H,20,23)/t14-,15+/m0/s1. The number of nitrogens with zero attached hydrogens (tertiary/aromatic N) is 2. The quantitative estimate of drug-likeness (QED) is 0.752. The Balaban J connectivity index is 1.69. The van der Waals surface area contributed by atoms with Crippen molar-refractivity contribution in [3.05, 3.63) is 47.3 Å². The zero-order chi connectivity index (χ0) is 20.5. The lowest BCUT2D eigenvalue weighted by molar-refractivity contribution is -0.129. The van der Waals surface area contributed by atoms with Gasteiger partial charge in [0.1, 0.15) is 5.56 Å². The van der Waals surface area contributed by atoms with E-state index in [0.29, 0.717) is 23.4 Å². The molecule has 9 heteroatoms. The zero-order valence-corrected chi connectivity index (χ0v) is 16.8. The molecule has 8 nitrogen and oxygen atoms in total. The van der Waals surface area contributed by atoms with Crippen molar-refractivity contribution >= 4 is 21.7 Å². The van der Waals surface area contributed by atoms with E-state index in [2.05, 4.69) is 10.4 Å². The average Bonchev–Trinajstić information content (AvgIpc) is 3.13. The van der Waals surface area contributed by atoms with Crippen LogP contribution in [0.4, 0.5) is 0 Å². The van der Waals surface area contributed by atoms with Crippen molar-refractivity contribution in [3.63, 3.8) is 0 Å². The highest BCUT2D eigenvalue weighted by Gasteiger charge is 2.31. The molecule has 1 aromatic heterocycles. The topological polar surface area (TPSA) is 107 Å². The van der Waals surface area contributed by atoms with Crippen molar-refractivity contribution < 1.29 is 22.7 Å². The lowest BCUT2D eigenvalue weighted by Crippen LogP contribution is -2.42. The van der Waals surface area contributed by atoms with Gasteiger partial charge in [0.25, 0.3) is 5.91 Å². The van der Waals surface area contributed by atoms with E-state index in [1.54, 1.807) is 18.5 Å². The molecule has 1 fully saturated rings. The van der Waals surface area contributed by atoms with Crippen LogP contribution in [0.5, 0.6) is 0 Å². The average molecular weight is 405 g/mol. The van der Waals surface area contributed by atoms with Gasteiger partial charge in [-0.25, -0.2) is 17.9 Å². The predicted molar refractivity (Wildman–Crippen MR) is 103 cm³/mol. The third kappa shape index (κ3) is 4.24. The fraction of sp³-hybridized carbons (Fsp3) is 0.421. The number of rotatable bonds is 5. The molecule has 1 aliphatic rings. The Labute approximate surface area is 163 Å². The fourth-order valence-electron chi connectivity index (χ4n) is 3.26. The number of esters is 1. The summed E-state index contributed by atoms with van der Waals surface area (Å²) < 4.78 is 30.0. The second kappa shape index (κ2) is 7.75. The molecule has 0 saturated carbocycles. The van der Waals surface area contributed by atoms with E-state index in [4.69, 9.17) is 4.74 Å². The smallest absolute Gasteiger partial charge is 0.342 e. The molecule has 1 aromatic carbocycles. The Morgan fingerprint density at radius 1 is 1.25 bits per heavy atom. The molecule has 150 valence electrons. The van der Waals surface area contributed by atoms with Crippen LogP contribution in [0.2, 0.25) is 0 Å². The van der Waals surface area contributed by atoms with E-state index < -0.39 is 33.9 Å². The molecule has 2 heterocycles. The Kier molecular flexibility index (Phi) is 5.55. The summed E-state index contributed by atoms with van der Waals surface area (Å²) >= 11 is 0. The van der Waals surface area contributed by atoms with E-state index in [1.165, 1.54) is 6.92 Å². The fourth-order valence-corrected chi connectivity index (χ4v) is 4.93. The second-order valence-corrected chi connectivity index (χ2v) is 9.18. The number of aromatic nitrogens is 2. The van der Waals surface area contributed by atoms with Gasteiger partial charge in [0.15, 0.2) is 15.9 Å². The summed E-state index contributed by atoms with van der Waals surface area (Å²) in [7, 11) is -3.10. The number of aryl methyl sites for hydroxylation is 1. The first-order valence-corrected chi connectivity index (χ1v) is 10.8. The minimum absolute atomic E-state index is 0.0587. The number of benzene rings is 1. The normalized spacial score (nSPS) is 19.2. The molecule has 28 heavy (non-hydrogen) atoms. The zero-order valence-electron chi connectivity index (χ0n) is 16.0. The van der Waals surface area contributed by atoms with Gasteiger partial charge in [0.2, 0.25) is 0 Å². The van der Waals surface area contributed by atoms with Crippen LogP contribution in [0.25, 0.3) is 5.69 Å². The van der Waals surface area contributed by atoms with Crippen LogP contribution in [-0.4, -0.2) is 53.7 Å².